The van der Waals surface area contributed by atoms with Crippen LogP contribution in [0.15, 0.2) is 0 Å². The first-order valence-corrected chi connectivity index (χ1v) is 5.34. The van der Waals surface area contributed by atoms with Crippen molar-refractivity contribution in [2.75, 3.05) is 27.2 Å². The number of nitrogens with one attached hydrogen (secondary N) is 2. The third-order valence-electron chi connectivity index (χ3n) is 2.13. The summed E-state index contributed by atoms with van der Waals surface area (Å²) in [4.78, 5) is 23.9. The van der Waals surface area contributed by atoms with Crippen molar-refractivity contribution < 1.29 is 14.7 Å². The van der Waals surface area contributed by atoms with Gasteiger partial charge in [-0.25, -0.2) is 4.79 Å². The van der Waals surface area contributed by atoms with Crippen LogP contribution in [0.5, 0.6) is 0 Å². The van der Waals surface area contributed by atoms with Gasteiger partial charge >= 0.3 is 6.03 Å². The van der Waals surface area contributed by atoms with E-state index in [1.54, 1.807) is 6.92 Å². The summed E-state index contributed by atoms with van der Waals surface area (Å²) in [5.41, 5.74) is 0. The van der Waals surface area contributed by atoms with Crippen LogP contribution >= 0.6 is 0 Å². The van der Waals surface area contributed by atoms with Crippen LogP contribution in [0.4, 0.5) is 4.79 Å². The third kappa shape index (κ3) is 8.19. The molecule has 0 fully saturated rings. The molecule has 6 nitrogen and oxygen atoms in total. The number of urea groups is 1. The molecule has 1 atom stereocenters. The van der Waals surface area contributed by atoms with Gasteiger partial charge in [-0.3, -0.25) is 10.1 Å². The summed E-state index contributed by atoms with van der Waals surface area (Å²) in [6.45, 7) is 3.02. The number of carbonyl (C=O) groups is 2. The Labute approximate surface area is 96.0 Å². The van der Waals surface area contributed by atoms with Crippen molar-refractivity contribution in [3.05, 3.63) is 0 Å². The maximum atomic E-state index is 11.2. The van der Waals surface area contributed by atoms with Gasteiger partial charge in [-0.2, -0.15) is 0 Å². The van der Waals surface area contributed by atoms with Crippen molar-refractivity contribution in [3.8, 4) is 0 Å². The molecule has 6 heteroatoms. The van der Waals surface area contributed by atoms with Crippen LogP contribution < -0.4 is 10.6 Å². The fourth-order valence-electron chi connectivity index (χ4n) is 1.06. The van der Waals surface area contributed by atoms with E-state index in [1.165, 1.54) is 7.05 Å². The largest absolute Gasteiger partial charge is 0.393 e. The molecular weight excluding hydrogens is 210 g/mol. The monoisotopic (exact) mass is 231 g/mol. The van der Waals surface area contributed by atoms with Crippen LogP contribution in [0.25, 0.3) is 0 Å². The molecule has 0 aliphatic carbocycles. The van der Waals surface area contributed by atoms with Gasteiger partial charge in [-0.1, -0.05) is 0 Å². The van der Waals surface area contributed by atoms with Crippen molar-refractivity contribution in [3.63, 3.8) is 0 Å². The molecule has 0 spiro atoms. The van der Waals surface area contributed by atoms with Gasteiger partial charge < -0.3 is 15.3 Å². The normalized spacial score (nSPS) is 12.3. The van der Waals surface area contributed by atoms with Gasteiger partial charge in [0.2, 0.25) is 5.91 Å². The number of hydrogen-bond donors (Lipinski definition) is 3. The van der Waals surface area contributed by atoms with E-state index in [9.17, 15) is 9.59 Å². The first-order valence-electron chi connectivity index (χ1n) is 5.34. The zero-order valence-corrected chi connectivity index (χ0v) is 10.1. The molecule has 94 valence electrons. The number of imide groups is 1. The van der Waals surface area contributed by atoms with Crippen LogP contribution in [-0.2, 0) is 4.79 Å². The number of aliphatic hydroxyl groups is 1. The molecule has 0 aromatic rings. The molecule has 1 unspecified atom stereocenters. The molecule has 0 aliphatic heterocycles. The summed E-state index contributed by atoms with van der Waals surface area (Å²) in [7, 11) is 3.33. The van der Waals surface area contributed by atoms with E-state index in [0.29, 0.717) is 13.0 Å². The van der Waals surface area contributed by atoms with Crippen molar-refractivity contribution >= 4 is 11.9 Å². The molecule has 0 saturated carbocycles. The Morgan fingerprint density at radius 2 is 2.00 bits per heavy atom. The fourth-order valence-corrected chi connectivity index (χ4v) is 1.06. The van der Waals surface area contributed by atoms with Gasteiger partial charge in [0.05, 0.1) is 6.10 Å². The molecule has 16 heavy (non-hydrogen) atoms. The van der Waals surface area contributed by atoms with E-state index in [-0.39, 0.29) is 18.4 Å². The lowest BCUT2D eigenvalue weighted by atomic mass is 10.2. The smallest absolute Gasteiger partial charge is 0.321 e. The average Bonchev–Trinajstić information content (AvgIpc) is 2.23. The van der Waals surface area contributed by atoms with E-state index in [1.807, 2.05) is 11.9 Å². The highest BCUT2D eigenvalue weighted by Gasteiger charge is 2.07. The maximum Gasteiger partial charge on any atom is 0.321 e. The van der Waals surface area contributed by atoms with E-state index < -0.39 is 6.03 Å². The van der Waals surface area contributed by atoms with E-state index in [0.717, 1.165) is 6.54 Å². The van der Waals surface area contributed by atoms with Crippen LogP contribution in [0.3, 0.4) is 0 Å². The Bertz CT molecular complexity index is 231. The molecular formula is C10H21N3O3. The van der Waals surface area contributed by atoms with Crippen molar-refractivity contribution in [1.29, 1.82) is 0 Å². The number of amides is 3. The number of hydrogen-bond acceptors (Lipinski definition) is 4. The molecule has 0 heterocycles. The third-order valence-corrected chi connectivity index (χ3v) is 2.13. The Balaban J connectivity index is 3.62. The molecule has 0 aromatic carbocycles. The van der Waals surface area contributed by atoms with Crippen LogP contribution in [0.1, 0.15) is 19.8 Å². The van der Waals surface area contributed by atoms with E-state index >= 15 is 0 Å². The van der Waals surface area contributed by atoms with Gasteiger partial charge in [0, 0.05) is 26.6 Å². The molecule has 0 aliphatic rings. The summed E-state index contributed by atoms with van der Waals surface area (Å²) < 4.78 is 0. The number of carbonyl (C=O) groups excluding carboxylic acids is 2. The summed E-state index contributed by atoms with van der Waals surface area (Å²) in [5.74, 6) is -0.303. The van der Waals surface area contributed by atoms with Crippen LogP contribution in [-0.4, -0.2) is 55.2 Å². The predicted molar refractivity (Wildman–Crippen MR) is 61.0 cm³/mol. The maximum absolute atomic E-state index is 11.2. The van der Waals surface area contributed by atoms with E-state index in [4.69, 9.17) is 5.11 Å². The molecule has 3 amide bonds. The topological polar surface area (TPSA) is 81.7 Å². The molecule has 0 bridgehead atoms. The Kier molecular flexibility index (Phi) is 7.49. The van der Waals surface area contributed by atoms with Gasteiger partial charge in [0.15, 0.2) is 0 Å². The predicted octanol–water partition coefficient (Wildman–Crippen LogP) is -0.465. The second-order valence-corrected chi connectivity index (χ2v) is 3.82. The number of nitrogens with zero attached hydrogens (tertiary/aromatic N) is 1. The average molecular weight is 231 g/mol. The zero-order valence-electron chi connectivity index (χ0n) is 10.1. The van der Waals surface area contributed by atoms with Crippen LogP contribution in [0.2, 0.25) is 0 Å². The first-order chi connectivity index (χ1) is 7.45. The van der Waals surface area contributed by atoms with Crippen LogP contribution in [0, 0.1) is 0 Å². The van der Waals surface area contributed by atoms with Crippen molar-refractivity contribution in [2.24, 2.45) is 0 Å². The molecule has 3 N–H and O–H groups in total. The second kappa shape index (κ2) is 8.06. The minimum absolute atomic E-state index is 0.268. The highest BCUT2D eigenvalue weighted by Crippen LogP contribution is 1.94. The zero-order chi connectivity index (χ0) is 12.6. The number of rotatable bonds is 6. The van der Waals surface area contributed by atoms with Crippen molar-refractivity contribution in [1.82, 2.24) is 15.5 Å². The lowest BCUT2D eigenvalue weighted by Crippen LogP contribution is -2.38. The minimum Gasteiger partial charge on any atom is -0.393 e. The first kappa shape index (κ1) is 14.9. The van der Waals surface area contributed by atoms with Gasteiger partial charge in [0.1, 0.15) is 0 Å². The quantitative estimate of drug-likeness (QED) is 0.577. The molecule has 0 saturated heterocycles. The van der Waals surface area contributed by atoms with E-state index in [2.05, 4.69) is 10.6 Å². The summed E-state index contributed by atoms with van der Waals surface area (Å²) in [6.07, 6.45) is 0.610. The summed E-state index contributed by atoms with van der Waals surface area (Å²) in [6, 6.07) is -0.489. The minimum atomic E-state index is -0.489. The van der Waals surface area contributed by atoms with Gasteiger partial charge in [0.25, 0.3) is 0 Å². The molecule has 0 aromatic heterocycles. The number of aliphatic hydroxyl groups excluding tert-OH is 1. The lowest BCUT2D eigenvalue weighted by molar-refractivity contribution is -0.120. The molecule has 0 rings (SSSR count). The summed E-state index contributed by atoms with van der Waals surface area (Å²) in [5, 5.41) is 13.6. The Morgan fingerprint density at radius 1 is 1.38 bits per heavy atom. The van der Waals surface area contributed by atoms with Gasteiger partial charge in [-0.05, 0) is 20.4 Å². The highest BCUT2D eigenvalue weighted by molar-refractivity contribution is 5.94. The standard InChI is InChI=1S/C10H21N3O3/c1-8(14)4-6-13(3)7-5-9(15)12-10(16)11-2/h8,14H,4-7H2,1-3H3,(H2,11,12,15,16). The van der Waals surface area contributed by atoms with Crippen molar-refractivity contribution in [2.45, 2.75) is 25.9 Å². The highest BCUT2D eigenvalue weighted by atomic mass is 16.3. The van der Waals surface area contributed by atoms with Gasteiger partial charge in [-0.15, -0.1) is 0 Å². The fraction of sp³-hybridized carbons (Fsp3) is 0.800. The SMILES string of the molecule is CNC(=O)NC(=O)CCN(C)CCC(C)O. The summed E-state index contributed by atoms with van der Waals surface area (Å²) >= 11 is 0. The Morgan fingerprint density at radius 3 is 2.50 bits per heavy atom. The second-order valence-electron chi connectivity index (χ2n) is 3.82. The Hall–Kier alpha value is -1.14. The lowest BCUT2D eigenvalue weighted by Gasteiger charge is -2.16. The molecule has 0 radical (unpaired) electrons.